The lowest BCUT2D eigenvalue weighted by Crippen LogP contribution is -2.34. The lowest BCUT2D eigenvalue weighted by molar-refractivity contribution is 0.0956. The van der Waals surface area contributed by atoms with E-state index in [-0.39, 0.29) is 5.91 Å². The summed E-state index contributed by atoms with van der Waals surface area (Å²) in [6, 6.07) is 3.58. The van der Waals surface area contributed by atoms with Crippen LogP contribution in [0.5, 0.6) is 0 Å². The van der Waals surface area contributed by atoms with Crippen LogP contribution in [0.4, 0.5) is 4.79 Å². The second-order valence-electron chi connectivity index (χ2n) is 3.65. The number of nitrogens with one attached hydrogen (secondary N) is 2. The molecule has 0 aliphatic carbocycles. The van der Waals surface area contributed by atoms with Crippen LogP contribution in [0.25, 0.3) is 0 Å². The molecule has 0 saturated carbocycles. The van der Waals surface area contributed by atoms with Gasteiger partial charge in [-0.15, -0.1) is 11.3 Å². The minimum Gasteiger partial charge on any atom is -0.450 e. The number of hydrogen-bond acceptors (Lipinski definition) is 4. The van der Waals surface area contributed by atoms with Gasteiger partial charge in [-0.2, -0.15) is 0 Å². The van der Waals surface area contributed by atoms with Gasteiger partial charge >= 0.3 is 6.09 Å². The van der Waals surface area contributed by atoms with Crippen molar-refractivity contribution in [2.24, 2.45) is 0 Å². The lowest BCUT2D eigenvalue weighted by atomic mass is 10.4. The van der Waals surface area contributed by atoms with Crippen molar-refractivity contribution in [3.63, 3.8) is 0 Å². The number of rotatable bonds is 7. The number of carbonyl (C=O) groups excluding carboxylic acids is 2. The molecule has 2 N–H and O–H groups in total. The Balaban J connectivity index is 2.04. The highest BCUT2D eigenvalue weighted by Crippen LogP contribution is 2.07. The van der Waals surface area contributed by atoms with Gasteiger partial charge in [0.05, 0.1) is 11.5 Å². The third-order valence-corrected chi connectivity index (χ3v) is 3.02. The van der Waals surface area contributed by atoms with Gasteiger partial charge in [-0.25, -0.2) is 4.79 Å². The Morgan fingerprint density at radius 2 is 2.11 bits per heavy atom. The topological polar surface area (TPSA) is 67.4 Å². The van der Waals surface area contributed by atoms with Crippen molar-refractivity contribution in [2.45, 2.75) is 19.8 Å². The van der Waals surface area contributed by atoms with Crippen LogP contribution in [-0.4, -0.2) is 31.7 Å². The standard InChI is InChI=1S/C12H18N2O3S/c1-2-3-8-17-12(16)14-7-6-13-11(15)10-5-4-9-18-10/h4-5,9H,2-3,6-8H2,1H3,(H,13,15)(H,14,16). The number of alkyl carbamates (subject to hydrolysis) is 1. The first-order chi connectivity index (χ1) is 8.74. The van der Waals surface area contributed by atoms with E-state index in [9.17, 15) is 9.59 Å². The van der Waals surface area contributed by atoms with E-state index in [1.807, 2.05) is 18.4 Å². The molecule has 0 radical (unpaired) electrons. The van der Waals surface area contributed by atoms with E-state index >= 15 is 0 Å². The highest BCUT2D eigenvalue weighted by molar-refractivity contribution is 7.12. The van der Waals surface area contributed by atoms with Crippen molar-refractivity contribution < 1.29 is 14.3 Å². The number of amides is 2. The molecule has 0 fully saturated rings. The summed E-state index contributed by atoms with van der Waals surface area (Å²) < 4.78 is 4.90. The predicted octanol–water partition coefficient (Wildman–Crippen LogP) is 2.00. The molecule has 1 heterocycles. The van der Waals surface area contributed by atoms with E-state index < -0.39 is 6.09 Å². The molecule has 1 aromatic rings. The van der Waals surface area contributed by atoms with Crippen molar-refractivity contribution in [1.82, 2.24) is 10.6 Å². The normalized spacial score (nSPS) is 9.83. The molecule has 5 nitrogen and oxygen atoms in total. The number of unbranched alkanes of at least 4 members (excludes halogenated alkanes) is 1. The summed E-state index contributed by atoms with van der Waals surface area (Å²) in [6.07, 6.45) is 1.42. The Labute approximate surface area is 111 Å². The van der Waals surface area contributed by atoms with Crippen LogP contribution in [0.3, 0.4) is 0 Å². The van der Waals surface area contributed by atoms with E-state index in [1.165, 1.54) is 11.3 Å². The largest absolute Gasteiger partial charge is 0.450 e. The number of ether oxygens (including phenoxy) is 1. The molecule has 6 heteroatoms. The summed E-state index contributed by atoms with van der Waals surface area (Å²) >= 11 is 1.38. The molecule has 0 unspecified atom stereocenters. The first kappa shape index (κ1) is 14.5. The molecule has 1 rings (SSSR count). The highest BCUT2D eigenvalue weighted by atomic mass is 32.1. The minimum atomic E-state index is -0.436. The number of carbonyl (C=O) groups is 2. The van der Waals surface area contributed by atoms with E-state index in [4.69, 9.17) is 4.74 Å². The molecular formula is C12H18N2O3S. The van der Waals surface area contributed by atoms with Gasteiger partial charge in [0.2, 0.25) is 0 Å². The molecular weight excluding hydrogens is 252 g/mol. The first-order valence-electron chi connectivity index (χ1n) is 5.96. The maximum Gasteiger partial charge on any atom is 0.407 e. The van der Waals surface area contributed by atoms with Crippen molar-refractivity contribution in [3.05, 3.63) is 22.4 Å². The quantitative estimate of drug-likeness (QED) is 0.745. The van der Waals surface area contributed by atoms with Crippen LogP contribution >= 0.6 is 11.3 Å². The highest BCUT2D eigenvalue weighted by Gasteiger charge is 2.05. The zero-order chi connectivity index (χ0) is 13.2. The number of thiophene rings is 1. The minimum absolute atomic E-state index is 0.119. The average Bonchev–Trinajstić information content (AvgIpc) is 2.88. The summed E-state index contributed by atoms with van der Waals surface area (Å²) in [4.78, 5) is 23.3. The van der Waals surface area contributed by atoms with Gasteiger partial charge in [-0.3, -0.25) is 4.79 Å². The van der Waals surface area contributed by atoms with Crippen LogP contribution in [-0.2, 0) is 4.74 Å². The molecule has 1 aromatic heterocycles. The van der Waals surface area contributed by atoms with Gasteiger partial charge in [0.15, 0.2) is 0 Å². The van der Waals surface area contributed by atoms with Gasteiger partial charge < -0.3 is 15.4 Å². The smallest absolute Gasteiger partial charge is 0.407 e. The summed E-state index contributed by atoms with van der Waals surface area (Å²) in [5.41, 5.74) is 0. The van der Waals surface area contributed by atoms with Crippen molar-refractivity contribution in [2.75, 3.05) is 19.7 Å². The summed E-state index contributed by atoms with van der Waals surface area (Å²) in [5.74, 6) is -0.119. The Bertz CT molecular complexity index is 365. The second kappa shape index (κ2) is 8.52. The molecule has 0 aliphatic heterocycles. The summed E-state index contributed by atoms with van der Waals surface area (Å²) in [5, 5.41) is 7.12. The van der Waals surface area contributed by atoms with Crippen molar-refractivity contribution in [1.29, 1.82) is 0 Å². The molecule has 0 spiro atoms. The Kier molecular flexibility index (Phi) is 6.86. The van der Waals surface area contributed by atoms with Gasteiger partial charge in [0.25, 0.3) is 5.91 Å². The fourth-order valence-electron chi connectivity index (χ4n) is 1.20. The van der Waals surface area contributed by atoms with Gasteiger partial charge in [-0.05, 0) is 17.9 Å². The van der Waals surface area contributed by atoms with E-state index in [0.717, 1.165) is 12.8 Å². The summed E-state index contributed by atoms with van der Waals surface area (Å²) in [7, 11) is 0. The molecule has 0 aromatic carbocycles. The molecule has 2 amide bonds. The summed E-state index contributed by atoms with van der Waals surface area (Å²) in [6.45, 7) is 3.22. The van der Waals surface area contributed by atoms with E-state index in [0.29, 0.717) is 24.6 Å². The molecule has 0 bridgehead atoms. The molecule has 100 valence electrons. The monoisotopic (exact) mass is 270 g/mol. The lowest BCUT2D eigenvalue weighted by Gasteiger charge is -2.07. The zero-order valence-corrected chi connectivity index (χ0v) is 11.2. The van der Waals surface area contributed by atoms with Crippen molar-refractivity contribution >= 4 is 23.3 Å². The van der Waals surface area contributed by atoms with Gasteiger partial charge in [-0.1, -0.05) is 19.4 Å². The van der Waals surface area contributed by atoms with Crippen LogP contribution in [0.2, 0.25) is 0 Å². The maximum atomic E-state index is 11.5. The second-order valence-corrected chi connectivity index (χ2v) is 4.60. The fraction of sp³-hybridized carbons (Fsp3) is 0.500. The van der Waals surface area contributed by atoms with Gasteiger partial charge in [0.1, 0.15) is 0 Å². The Morgan fingerprint density at radius 3 is 2.78 bits per heavy atom. The Morgan fingerprint density at radius 1 is 1.33 bits per heavy atom. The van der Waals surface area contributed by atoms with Crippen LogP contribution in [0.1, 0.15) is 29.4 Å². The fourth-order valence-corrected chi connectivity index (χ4v) is 1.84. The zero-order valence-electron chi connectivity index (χ0n) is 10.4. The van der Waals surface area contributed by atoms with E-state index in [2.05, 4.69) is 10.6 Å². The van der Waals surface area contributed by atoms with Crippen molar-refractivity contribution in [3.8, 4) is 0 Å². The molecule has 0 aliphatic rings. The predicted molar refractivity (Wildman–Crippen MR) is 70.9 cm³/mol. The van der Waals surface area contributed by atoms with Crippen LogP contribution < -0.4 is 10.6 Å². The SMILES string of the molecule is CCCCOC(=O)NCCNC(=O)c1cccs1. The first-order valence-corrected chi connectivity index (χ1v) is 6.84. The maximum absolute atomic E-state index is 11.5. The molecule has 0 atom stereocenters. The Hall–Kier alpha value is -1.56. The van der Waals surface area contributed by atoms with Crippen LogP contribution in [0, 0.1) is 0 Å². The third kappa shape index (κ3) is 5.67. The average molecular weight is 270 g/mol. The van der Waals surface area contributed by atoms with Gasteiger partial charge in [0, 0.05) is 13.1 Å². The third-order valence-electron chi connectivity index (χ3n) is 2.16. The van der Waals surface area contributed by atoms with E-state index in [1.54, 1.807) is 6.07 Å². The van der Waals surface area contributed by atoms with Crippen LogP contribution in [0.15, 0.2) is 17.5 Å². The number of hydrogen-bond donors (Lipinski definition) is 2. The molecule has 18 heavy (non-hydrogen) atoms. The molecule has 0 saturated heterocycles.